The van der Waals surface area contributed by atoms with Gasteiger partial charge in [0.1, 0.15) is 6.79 Å². The van der Waals surface area contributed by atoms with E-state index in [1.165, 1.54) is 38.5 Å². The number of rotatable bonds is 15. The quantitative estimate of drug-likeness (QED) is 0.359. The molecular weight excluding hydrogens is 256 g/mol. The van der Waals surface area contributed by atoms with Gasteiger partial charge in [-0.25, -0.2) is 0 Å². The Balaban J connectivity index is 3.60. The van der Waals surface area contributed by atoms with E-state index in [1.807, 2.05) is 0 Å². The lowest BCUT2D eigenvalue weighted by molar-refractivity contribution is -0.137. The summed E-state index contributed by atoms with van der Waals surface area (Å²) in [5, 5.41) is 8.65. The number of hydrogen-bond donors (Lipinski definition) is 1. The summed E-state index contributed by atoms with van der Waals surface area (Å²) in [4.78, 5) is 10.5. The van der Waals surface area contributed by atoms with E-state index < -0.39 is 5.97 Å². The fourth-order valence-electron chi connectivity index (χ4n) is 2.29. The number of hydrogen-bond acceptors (Lipinski definition) is 3. The molecule has 0 spiro atoms. The Morgan fingerprint density at radius 2 is 1.60 bits per heavy atom. The molecule has 0 radical (unpaired) electrons. The molecule has 0 fully saturated rings. The number of carboxylic acids is 1. The first-order valence-corrected chi connectivity index (χ1v) is 8.03. The highest BCUT2D eigenvalue weighted by Gasteiger charge is 2.10. The maximum atomic E-state index is 10.5. The monoisotopic (exact) mass is 288 g/mol. The number of aliphatic carboxylic acids is 1. The largest absolute Gasteiger partial charge is 0.481 e. The molecule has 4 heteroatoms. The van der Waals surface area contributed by atoms with Crippen LogP contribution in [0.3, 0.4) is 0 Å². The van der Waals surface area contributed by atoms with Crippen molar-refractivity contribution in [2.24, 2.45) is 0 Å². The Labute approximate surface area is 123 Å². The summed E-state index contributed by atoms with van der Waals surface area (Å²) in [6.07, 6.45) is 11.9. The highest BCUT2D eigenvalue weighted by Crippen LogP contribution is 2.15. The van der Waals surface area contributed by atoms with Crippen molar-refractivity contribution in [2.75, 3.05) is 13.9 Å². The van der Waals surface area contributed by atoms with Gasteiger partial charge in [-0.2, -0.15) is 0 Å². The molecule has 0 amide bonds. The van der Waals surface area contributed by atoms with Crippen LogP contribution < -0.4 is 0 Å². The summed E-state index contributed by atoms with van der Waals surface area (Å²) in [5.74, 6) is -0.730. The Morgan fingerprint density at radius 1 is 1.00 bits per heavy atom. The molecule has 1 atom stereocenters. The maximum Gasteiger partial charge on any atom is 0.303 e. The standard InChI is InChI=1S/C16H32O4/c1-3-4-5-6-7-8-9-11-15(20-14-19-2)12-10-13-16(17)18/h15H,3-14H2,1-2H3,(H,17,18)/t15-/m0/s1. The number of ether oxygens (including phenoxy) is 2. The van der Waals surface area contributed by atoms with Gasteiger partial charge in [0.05, 0.1) is 6.10 Å². The fourth-order valence-corrected chi connectivity index (χ4v) is 2.29. The summed E-state index contributed by atoms with van der Waals surface area (Å²) < 4.78 is 10.5. The molecule has 0 saturated carbocycles. The first kappa shape index (κ1) is 19.4. The van der Waals surface area contributed by atoms with Gasteiger partial charge in [0.2, 0.25) is 0 Å². The van der Waals surface area contributed by atoms with Crippen molar-refractivity contribution in [3.63, 3.8) is 0 Å². The minimum atomic E-state index is -0.730. The summed E-state index contributed by atoms with van der Waals surface area (Å²) >= 11 is 0. The minimum absolute atomic E-state index is 0.143. The van der Waals surface area contributed by atoms with Crippen LogP contribution in [0.25, 0.3) is 0 Å². The zero-order chi connectivity index (χ0) is 15.1. The van der Waals surface area contributed by atoms with E-state index in [2.05, 4.69) is 6.92 Å². The van der Waals surface area contributed by atoms with Crippen molar-refractivity contribution in [1.82, 2.24) is 0 Å². The van der Waals surface area contributed by atoms with Crippen molar-refractivity contribution in [2.45, 2.75) is 83.7 Å². The third kappa shape index (κ3) is 13.8. The van der Waals surface area contributed by atoms with Crippen LogP contribution in [0.2, 0.25) is 0 Å². The Morgan fingerprint density at radius 3 is 2.20 bits per heavy atom. The molecule has 20 heavy (non-hydrogen) atoms. The van der Waals surface area contributed by atoms with Crippen molar-refractivity contribution < 1.29 is 19.4 Å². The smallest absolute Gasteiger partial charge is 0.303 e. The minimum Gasteiger partial charge on any atom is -0.481 e. The lowest BCUT2D eigenvalue weighted by Gasteiger charge is -2.17. The summed E-state index contributed by atoms with van der Waals surface area (Å²) in [7, 11) is 1.61. The highest BCUT2D eigenvalue weighted by molar-refractivity contribution is 5.66. The van der Waals surface area contributed by atoms with Gasteiger partial charge in [0.25, 0.3) is 0 Å². The van der Waals surface area contributed by atoms with Gasteiger partial charge in [-0.15, -0.1) is 0 Å². The molecule has 0 aliphatic heterocycles. The second-order valence-electron chi connectivity index (χ2n) is 5.39. The number of carbonyl (C=O) groups is 1. The first-order chi connectivity index (χ1) is 9.70. The zero-order valence-corrected chi connectivity index (χ0v) is 13.2. The fraction of sp³-hybridized carbons (Fsp3) is 0.938. The average molecular weight is 288 g/mol. The molecule has 0 aliphatic carbocycles. The highest BCUT2D eigenvalue weighted by atomic mass is 16.7. The van der Waals surface area contributed by atoms with Crippen molar-refractivity contribution in [3.8, 4) is 0 Å². The lowest BCUT2D eigenvalue weighted by atomic mass is 10.0. The van der Waals surface area contributed by atoms with Gasteiger partial charge in [-0.3, -0.25) is 4.79 Å². The van der Waals surface area contributed by atoms with Crippen LogP contribution in [0.15, 0.2) is 0 Å². The molecule has 0 aromatic heterocycles. The van der Waals surface area contributed by atoms with E-state index in [-0.39, 0.29) is 12.5 Å². The molecule has 1 N–H and O–H groups in total. The SMILES string of the molecule is CCCCCCCCC[C@@H](CCCC(=O)O)OCOC. The van der Waals surface area contributed by atoms with E-state index in [0.29, 0.717) is 13.2 Å². The van der Waals surface area contributed by atoms with Gasteiger partial charge in [0, 0.05) is 13.5 Å². The van der Waals surface area contributed by atoms with E-state index in [4.69, 9.17) is 14.6 Å². The van der Waals surface area contributed by atoms with Crippen molar-refractivity contribution >= 4 is 5.97 Å². The van der Waals surface area contributed by atoms with Gasteiger partial charge >= 0.3 is 5.97 Å². The van der Waals surface area contributed by atoms with E-state index in [0.717, 1.165) is 19.3 Å². The van der Waals surface area contributed by atoms with E-state index in [1.54, 1.807) is 7.11 Å². The predicted molar refractivity (Wildman–Crippen MR) is 80.8 cm³/mol. The van der Waals surface area contributed by atoms with Crippen LogP contribution in [-0.2, 0) is 14.3 Å². The third-order valence-corrected chi connectivity index (χ3v) is 3.47. The number of unbranched alkanes of at least 4 members (excludes halogenated alkanes) is 6. The first-order valence-electron chi connectivity index (χ1n) is 8.03. The van der Waals surface area contributed by atoms with Crippen LogP contribution in [0.4, 0.5) is 0 Å². The number of carboxylic acid groups (broad SMARTS) is 1. The van der Waals surface area contributed by atoms with Crippen LogP contribution in [0, 0.1) is 0 Å². The van der Waals surface area contributed by atoms with E-state index in [9.17, 15) is 4.79 Å². The van der Waals surface area contributed by atoms with Gasteiger partial charge in [0.15, 0.2) is 0 Å². The van der Waals surface area contributed by atoms with Crippen LogP contribution in [0.5, 0.6) is 0 Å². The van der Waals surface area contributed by atoms with Gasteiger partial charge < -0.3 is 14.6 Å². The third-order valence-electron chi connectivity index (χ3n) is 3.47. The summed E-state index contributed by atoms with van der Waals surface area (Å²) in [6, 6.07) is 0. The van der Waals surface area contributed by atoms with E-state index >= 15 is 0 Å². The zero-order valence-electron chi connectivity index (χ0n) is 13.2. The van der Waals surface area contributed by atoms with Crippen LogP contribution >= 0.6 is 0 Å². The van der Waals surface area contributed by atoms with Gasteiger partial charge in [-0.05, 0) is 19.3 Å². The normalized spacial score (nSPS) is 12.5. The molecule has 120 valence electrons. The van der Waals surface area contributed by atoms with Gasteiger partial charge in [-0.1, -0.05) is 51.9 Å². The molecule has 0 heterocycles. The van der Waals surface area contributed by atoms with Crippen molar-refractivity contribution in [3.05, 3.63) is 0 Å². The molecule has 4 nitrogen and oxygen atoms in total. The molecule has 0 aliphatic rings. The molecule has 0 aromatic rings. The van der Waals surface area contributed by atoms with Crippen LogP contribution in [0.1, 0.15) is 77.6 Å². The number of methoxy groups -OCH3 is 1. The molecular formula is C16H32O4. The molecule has 0 rings (SSSR count). The Hall–Kier alpha value is -0.610. The maximum absolute atomic E-state index is 10.5. The second-order valence-corrected chi connectivity index (χ2v) is 5.39. The topological polar surface area (TPSA) is 55.8 Å². The molecule has 0 bridgehead atoms. The lowest BCUT2D eigenvalue weighted by Crippen LogP contribution is -2.15. The summed E-state index contributed by atoms with van der Waals surface area (Å²) in [6.45, 7) is 2.53. The van der Waals surface area contributed by atoms with Crippen molar-refractivity contribution in [1.29, 1.82) is 0 Å². The predicted octanol–water partition coefficient (Wildman–Crippen LogP) is 4.37. The second kappa shape index (κ2) is 14.8. The Bertz CT molecular complexity index is 219. The molecule has 0 aromatic carbocycles. The summed E-state index contributed by atoms with van der Waals surface area (Å²) in [5.41, 5.74) is 0. The average Bonchev–Trinajstić information content (AvgIpc) is 2.42. The Kier molecular flexibility index (Phi) is 14.3. The molecule has 0 unspecified atom stereocenters. The molecule has 0 saturated heterocycles. The van der Waals surface area contributed by atoms with Crippen LogP contribution in [-0.4, -0.2) is 31.1 Å².